The normalized spacial score (nSPS) is 27.4. The standard InChI is InChI=1S/C14H26N2O3/c1-11-14(18-10-7-15-11)5-8-16(9-6-14)12(17)19-13(2,3)4/h11,15H,5-10H2,1-4H3. The molecule has 1 spiro atoms. The molecule has 2 heterocycles. The van der Waals surface area contributed by atoms with Crippen molar-refractivity contribution in [1.82, 2.24) is 10.2 Å². The van der Waals surface area contributed by atoms with Crippen LogP contribution < -0.4 is 5.32 Å². The molecular formula is C14H26N2O3. The molecule has 1 amide bonds. The van der Waals surface area contributed by atoms with Gasteiger partial charge in [-0.25, -0.2) is 4.79 Å². The maximum Gasteiger partial charge on any atom is 0.410 e. The lowest BCUT2D eigenvalue weighted by atomic mass is 9.84. The summed E-state index contributed by atoms with van der Waals surface area (Å²) in [7, 11) is 0. The first-order chi connectivity index (χ1) is 8.82. The Bertz CT molecular complexity index is 330. The lowest BCUT2D eigenvalue weighted by Gasteiger charge is -2.47. The second-order valence-corrected chi connectivity index (χ2v) is 6.56. The average molecular weight is 270 g/mol. The Morgan fingerprint density at radius 1 is 1.37 bits per heavy atom. The van der Waals surface area contributed by atoms with Gasteiger partial charge in [0.05, 0.1) is 12.2 Å². The summed E-state index contributed by atoms with van der Waals surface area (Å²) < 4.78 is 11.4. The molecule has 2 aliphatic heterocycles. The quantitative estimate of drug-likeness (QED) is 0.729. The summed E-state index contributed by atoms with van der Waals surface area (Å²) in [6, 6.07) is 0.349. The number of amides is 1. The van der Waals surface area contributed by atoms with Gasteiger partial charge in [0.1, 0.15) is 5.60 Å². The smallest absolute Gasteiger partial charge is 0.410 e. The second-order valence-electron chi connectivity index (χ2n) is 6.56. The van der Waals surface area contributed by atoms with Crippen molar-refractivity contribution < 1.29 is 14.3 Å². The summed E-state index contributed by atoms with van der Waals surface area (Å²) in [5.74, 6) is 0. The SMILES string of the molecule is CC1NCCOC12CCN(C(=O)OC(C)(C)C)CC2. The van der Waals surface area contributed by atoms with Gasteiger partial charge in [-0.2, -0.15) is 0 Å². The van der Waals surface area contributed by atoms with E-state index in [1.54, 1.807) is 4.90 Å². The molecule has 110 valence electrons. The molecule has 19 heavy (non-hydrogen) atoms. The summed E-state index contributed by atoms with van der Waals surface area (Å²) in [5, 5.41) is 3.47. The van der Waals surface area contributed by atoms with Gasteiger partial charge < -0.3 is 19.7 Å². The molecule has 0 aliphatic carbocycles. The zero-order valence-electron chi connectivity index (χ0n) is 12.5. The number of rotatable bonds is 0. The molecule has 5 heteroatoms. The van der Waals surface area contributed by atoms with Crippen molar-refractivity contribution in [3.63, 3.8) is 0 Å². The predicted octanol–water partition coefficient (Wildman–Crippen LogP) is 1.76. The van der Waals surface area contributed by atoms with Gasteiger partial charge in [-0.15, -0.1) is 0 Å². The van der Waals surface area contributed by atoms with Crippen LogP contribution >= 0.6 is 0 Å². The summed E-state index contributed by atoms with van der Waals surface area (Å²) >= 11 is 0. The number of nitrogens with one attached hydrogen (secondary N) is 1. The van der Waals surface area contributed by atoms with Crippen molar-refractivity contribution >= 4 is 6.09 Å². The number of carbonyl (C=O) groups is 1. The highest BCUT2D eigenvalue weighted by molar-refractivity contribution is 5.68. The Morgan fingerprint density at radius 2 is 2.00 bits per heavy atom. The van der Waals surface area contributed by atoms with Gasteiger partial charge in [-0.1, -0.05) is 0 Å². The fourth-order valence-corrected chi connectivity index (χ4v) is 2.81. The molecule has 0 aromatic rings. The Balaban J connectivity index is 1.90. The van der Waals surface area contributed by atoms with Gasteiger partial charge in [-0.05, 0) is 40.5 Å². The van der Waals surface area contributed by atoms with Crippen molar-refractivity contribution in [3.8, 4) is 0 Å². The van der Waals surface area contributed by atoms with E-state index in [4.69, 9.17) is 9.47 Å². The Morgan fingerprint density at radius 3 is 2.53 bits per heavy atom. The van der Waals surface area contributed by atoms with Crippen LogP contribution in [0.1, 0.15) is 40.5 Å². The maximum absolute atomic E-state index is 12.0. The van der Waals surface area contributed by atoms with Gasteiger partial charge in [0, 0.05) is 25.7 Å². The van der Waals surface area contributed by atoms with Crippen molar-refractivity contribution in [2.75, 3.05) is 26.2 Å². The summed E-state index contributed by atoms with van der Waals surface area (Å²) in [4.78, 5) is 13.8. The van der Waals surface area contributed by atoms with E-state index in [2.05, 4.69) is 12.2 Å². The number of morpholine rings is 1. The molecule has 2 saturated heterocycles. The third-order valence-electron chi connectivity index (χ3n) is 3.99. The molecule has 5 nitrogen and oxygen atoms in total. The lowest BCUT2D eigenvalue weighted by Crippen LogP contribution is -2.61. The van der Waals surface area contributed by atoms with E-state index >= 15 is 0 Å². The van der Waals surface area contributed by atoms with Crippen LogP contribution in [0.4, 0.5) is 4.79 Å². The highest BCUT2D eigenvalue weighted by atomic mass is 16.6. The van der Waals surface area contributed by atoms with E-state index < -0.39 is 5.60 Å². The van der Waals surface area contributed by atoms with Crippen LogP contribution in [-0.2, 0) is 9.47 Å². The van der Waals surface area contributed by atoms with Gasteiger partial charge in [0.25, 0.3) is 0 Å². The van der Waals surface area contributed by atoms with Crippen LogP contribution in [0.5, 0.6) is 0 Å². The molecule has 0 radical (unpaired) electrons. The first-order valence-electron chi connectivity index (χ1n) is 7.18. The molecular weight excluding hydrogens is 244 g/mol. The number of likely N-dealkylation sites (tertiary alicyclic amines) is 1. The van der Waals surface area contributed by atoms with Gasteiger partial charge in [-0.3, -0.25) is 0 Å². The maximum atomic E-state index is 12.0. The van der Waals surface area contributed by atoms with Crippen LogP contribution in [-0.4, -0.2) is 54.5 Å². The molecule has 2 rings (SSSR count). The van der Waals surface area contributed by atoms with Gasteiger partial charge in [0.2, 0.25) is 0 Å². The van der Waals surface area contributed by atoms with Crippen LogP contribution in [0.15, 0.2) is 0 Å². The van der Waals surface area contributed by atoms with Gasteiger partial charge in [0.15, 0.2) is 0 Å². The predicted molar refractivity (Wildman–Crippen MR) is 73.2 cm³/mol. The zero-order valence-corrected chi connectivity index (χ0v) is 12.5. The lowest BCUT2D eigenvalue weighted by molar-refractivity contribution is -0.122. The third kappa shape index (κ3) is 3.39. The first kappa shape index (κ1) is 14.6. The Kier molecular flexibility index (Phi) is 4.06. The Labute approximate surface area is 115 Å². The van der Waals surface area contributed by atoms with E-state index in [1.165, 1.54) is 0 Å². The van der Waals surface area contributed by atoms with Crippen molar-refractivity contribution in [1.29, 1.82) is 0 Å². The number of carbonyl (C=O) groups excluding carboxylic acids is 1. The summed E-state index contributed by atoms with van der Waals surface area (Å²) in [5.41, 5.74) is -0.529. The second kappa shape index (κ2) is 5.29. The largest absolute Gasteiger partial charge is 0.444 e. The fraction of sp³-hybridized carbons (Fsp3) is 0.929. The highest BCUT2D eigenvalue weighted by Gasteiger charge is 2.43. The van der Waals surface area contributed by atoms with Crippen molar-refractivity contribution in [3.05, 3.63) is 0 Å². The molecule has 1 unspecified atom stereocenters. The third-order valence-corrected chi connectivity index (χ3v) is 3.99. The Hall–Kier alpha value is -0.810. The molecule has 1 N–H and O–H groups in total. The first-order valence-corrected chi connectivity index (χ1v) is 7.18. The average Bonchev–Trinajstić information content (AvgIpc) is 2.32. The number of nitrogens with zero attached hydrogens (tertiary/aromatic N) is 1. The van der Waals surface area contributed by atoms with E-state index in [0.29, 0.717) is 19.1 Å². The summed E-state index contributed by atoms with van der Waals surface area (Å²) in [6.45, 7) is 10.9. The number of hydrogen-bond acceptors (Lipinski definition) is 4. The van der Waals surface area contributed by atoms with Crippen molar-refractivity contribution in [2.24, 2.45) is 0 Å². The molecule has 0 aromatic heterocycles. The van der Waals surface area contributed by atoms with Crippen molar-refractivity contribution in [2.45, 2.75) is 57.8 Å². The minimum Gasteiger partial charge on any atom is -0.444 e. The van der Waals surface area contributed by atoms with E-state index in [9.17, 15) is 4.79 Å². The number of piperidine rings is 1. The monoisotopic (exact) mass is 270 g/mol. The molecule has 1 atom stereocenters. The minimum atomic E-state index is -0.428. The minimum absolute atomic E-state index is 0.100. The molecule has 0 aromatic carbocycles. The number of ether oxygens (including phenoxy) is 2. The fourth-order valence-electron chi connectivity index (χ4n) is 2.81. The van der Waals surface area contributed by atoms with Crippen LogP contribution in [0.2, 0.25) is 0 Å². The van der Waals surface area contributed by atoms with E-state index in [0.717, 1.165) is 26.0 Å². The van der Waals surface area contributed by atoms with Crippen LogP contribution in [0, 0.1) is 0 Å². The zero-order chi connectivity index (χ0) is 14.1. The highest BCUT2D eigenvalue weighted by Crippen LogP contribution is 2.32. The molecule has 0 saturated carbocycles. The van der Waals surface area contributed by atoms with Crippen LogP contribution in [0.3, 0.4) is 0 Å². The van der Waals surface area contributed by atoms with Crippen LogP contribution in [0.25, 0.3) is 0 Å². The summed E-state index contributed by atoms with van der Waals surface area (Å²) in [6.07, 6.45) is 1.54. The molecule has 0 bridgehead atoms. The molecule has 2 fully saturated rings. The van der Waals surface area contributed by atoms with E-state index in [-0.39, 0.29) is 11.7 Å². The van der Waals surface area contributed by atoms with Gasteiger partial charge >= 0.3 is 6.09 Å². The topological polar surface area (TPSA) is 50.8 Å². The number of hydrogen-bond donors (Lipinski definition) is 1. The molecule has 2 aliphatic rings. The van der Waals surface area contributed by atoms with E-state index in [1.807, 2.05) is 20.8 Å².